The van der Waals surface area contributed by atoms with E-state index in [9.17, 15) is 9.18 Å². The maximum absolute atomic E-state index is 12.9. The Kier molecular flexibility index (Phi) is 5.71. The van der Waals surface area contributed by atoms with E-state index in [1.807, 2.05) is 0 Å². The Balaban J connectivity index is 1.80. The third-order valence-corrected chi connectivity index (χ3v) is 5.22. The molecule has 0 N–H and O–H groups in total. The van der Waals surface area contributed by atoms with Crippen molar-refractivity contribution in [3.05, 3.63) is 34.6 Å². The van der Waals surface area contributed by atoms with Crippen molar-refractivity contribution in [3.8, 4) is 0 Å². The standard InChI is InChI=1S/C15H18ClFOS/c16-15-9-12(17)7-6-11(15)8-13(18)10-19-14-4-2-1-3-5-14/h6-7,9,14H,1-5,8,10H2. The average molecular weight is 301 g/mol. The third-order valence-electron chi connectivity index (χ3n) is 3.43. The molecule has 0 amide bonds. The lowest BCUT2D eigenvalue weighted by atomic mass is 10.0. The number of Topliss-reactive ketones (excluding diaryl/α,β-unsaturated/α-hetero) is 1. The van der Waals surface area contributed by atoms with Crippen molar-refractivity contribution >= 4 is 29.1 Å². The Morgan fingerprint density at radius 2 is 2.05 bits per heavy atom. The lowest BCUT2D eigenvalue weighted by Crippen LogP contribution is -2.13. The molecule has 0 radical (unpaired) electrons. The fourth-order valence-electron chi connectivity index (χ4n) is 2.37. The van der Waals surface area contributed by atoms with E-state index in [4.69, 9.17) is 11.6 Å². The van der Waals surface area contributed by atoms with Gasteiger partial charge in [0.15, 0.2) is 0 Å². The highest BCUT2D eigenvalue weighted by atomic mass is 35.5. The molecule has 0 spiro atoms. The maximum Gasteiger partial charge on any atom is 0.147 e. The van der Waals surface area contributed by atoms with E-state index in [1.54, 1.807) is 17.8 Å². The summed E-state index contributed by atoms with van der Waals surface area (Å²) in [6, 6.07) is 4.21. The minimum Gasteiger partial charge on any atom is -0.298 e. The molecule has 0 unspecified atom stereocenters. The van der Waals surface area contributed by atoms with Gasteiger partial charge in [-0.1, -0.05) is 36.9 Å². The van der Waals surface area contributed by atoms with Crippen LogP contribution in [0.25, 0.3) is 0 Å². The van der Waals surface area contributed by atoms with Crippen molar-refractivity contribution in [2.45, 2.75) is 43.8 Å². The molecule has 19 heavy (non-hydrogen) atoms. The summed E-state index contributed by atoms with van der Waals surface area (Å²) in [6.07, 6.45) is 6.67. The van der Waals surface area contributed by atoms with Crippen LogP contribution in [0, 0.1) is 5.82 Å². The molecule has 0 aliphatic heterocycles. The highest BCUT2D eigenvalue weighted by Crippen LogP contribution is 2.28. The molecule has 104 valence electrons. The highest BCUT2D eigenvalue weighted by Gasteiger charge is 2.16. The van der Waals surface area contributed by atoms with E-state index in [0.29, 0.717) is 22.4 Å². The molecular weight excluding hydrogens is 283 g/mol. The second-order valence-electron chi connectivity index (χ2n) is 5.02. The Morgan fingerprint density at radius 1 is 1.32 bits per heavy atom. The second kappa shape index (κ2) is 7.30. The molecule has 0 bridgehead atoms. The number of carbonyl (C=O) groups is 1. The van der Waals surface area contributed by atoms with Gasteiger partial charge in [0.1, 0.15) is 11.6 Å². The number of halogens is 2. The summed E-state index contributed by atoms with van der Waals surface area (Å²) in [5.74, 6) is 0.347. The molecule has 1 aromatic carbocycles. The Labute approximate surface area is 122 Å². The zero-order valence-corrected chi connectivity index (χ0v) is 12.4. The van der Waals surface area contributed by atoms with Crippen LogP contribution in [0.15, 0.2) is 18.2 Å². The van der Waals surface area contributed by atoms with Crippen LogP contribution >= 0.6 is 23.4 Å². The van der Waals surface area contributed by atoms with Gasteiger partial charge in [-0.2, -0.15) is 11.8 Å². The molecule has 1 fully saturated rings. The first-order valence-electron chi connectivity index (χ1n) is 6.72. The van der Waals surface area contributed by atoms with Crippen molar-refractivity contribution in [2.24, 2.45) is 0 Å². The molecule has 0 atom stereocenters. The maximum atomic E-state index is 12.9. The minimum atomic E-state index is -0.363. The van der Waals surface area contributed by atoms with E-state index >= 15 is 0 Å². The zero-order valence-electron chi connectivity index (χ0n) is 10.8. The molecular formula is C15H18ClFOS. The molecule has 4 heteroatoms. The van der Waals surface area contributed by atoms with Crippen LogP contribution < -0.4 is 0 Å². The van der Waals surface area contributed by atoms with E-state index < -0.39 is 0 Å². The number of benzene rings is 1. The predicted octanol–water partition coefficient (Wildman–Crippen LogP) is 4.66. The molecule has 1 aliphatic rings. The number of ketones is 1. The van der Waals surface area contributed by atoms with Crippen molar-refractivity contribution in [1.29, 1.82) is 0 Å². The van der Waals surface area contributed by atoms with Gasteiger partial charge in [0.05, 0.1) is 5.75 Å². The lowest BCUT2D eigenvalue weighted by molar-refractivity contribution is -0.116. The van der Waals surface area contributed by atoms with Crippen LogP contribution in [0.2, 0.25) is 5.02 Å². The Hall–Kier alpha value is -0.540. The molecule has 2 rings (SSSR count). The lowest BCUT2D eigenvalue weighted by Gasteiger charge is -2.20. The quantitative estimate of drug-likeness (QED) is 0.787. The monoisotopic (exact) mass is 300 g/mol. The van der Waals surface area contributed by atoms with Gasteiger partial charge in [0, 0.05) is 16.7 Å². The summed E-state index contributed by atoms with van der Waals surface area (Å²) in [5.41, 5.74) is 0.720. The van der Waals surface area contributed by atoms with Crippen molar-refractivity contribution in [2.75, 3.05) is 5.75 Å². The molecule has 0 saturated heterocycles. The Bertz CT molecular complexity index is 444. The number of rotatable bonds is 5. The SMILES string of the molecule is O=C(CSC1CCCCC1)Cc1ccc(F)cc1Cl. The molecule has 0 aromatic heterocycles. The largest absolute Gasteiger partial charge is 0.298 e. The summed E-state index contributed by atoms with van der Waals surface area (Å²) in [5, 5.41) is 0.984. The van der Waals surface area contributed by atoms with Gasteiger partial charge in [-0.15, -0.1) is 0 Å². The van der Waals surface area contributed by atoms with Crippen LogP contribution in [0.4, 0.5) is 4.39 Å². The van der Waals surface area contributed by atoms with Gasteiger partial charge in [-0.3, -0.25) is 4.79 Å². The molecule has 1 nitrogen and oxygen atoms in total. The first-order chi connectivity index (χ1) is 9.15. The fraction of sp³-hybridized carbons (Fsp3) is 0.533. The van der Waals surface area contributed by atoms with Crippen LogP contribution in [-0.4, -0.2) is 16.8 Å². The van der Waals surface area contributed by atoms with Gasteiger partial charge in [-0.25, -0.2) is 4.39 Å². The number of thioether (sulfide) groups is 1. The number of hydrogen-bond acceptors (Lipinski definition) is 2. The van der Waals surface area contributed by atoms with Crippen LogP contribution in [-0.2, 0) is 11.2 Å². The van der Waals surface area contributed by atoms with E-state index in [-0.39, 0.29) is 11.6 Å². The van der Waals surface area contributed by atoms with E-state index in [2.05, 4.69) is 0 Å². The van der Waals surface area contributed by atoms with Crippen LogP contribution in [0.3, 0.4) is 0 Å². The van der Waals surface area contributed by atoms with Crippen molar-refractivity contribution < 1.29 is 9.18 Å². The number of carbonyl (C=O) groups excluding carboxylic acids is 1. The Morgan fingerprint density at radius 3 is 2.74 bits per heavy atom. The second-order valence-corrected chi connectivity index (χ2v) is 6.72. The summed E-state index contributed by atoms with van der Waals surface area (Å²) in [7, 11) is 0. The first kappa shape index (κ1) is 14.9. The predicted molar refractivity (Wildman–Crippen MR) is 79.5 cm³/mol. The van der Waals surface area contributed by atoms with Gasteiger partial charge in [0.25, 0.3) is 0 Å². The fourth-order valence-corrected chi connectivity index (χ4v) is 3.80. The van der Waals surface area contributed by atoms with E-state index in [1.165, 1.54) is 44.2 Å². The van der Waals surface area contributed by atoms with Gasteiger partial charge < -0.3 is 0 Å². The normalized spacial score (nSPS) is 16.5. The van der Waals surface area contributed by atoms with Crippen LogP contribution in [0.1, 0.15) is 37.7 Å². The van der Waals surface area contributed by atoms with Gasteiger partial charge in [-0.05, 0) is 30.5 Å². The smallest absolute Gasteiger partial charge is 0.147 e. The topological polar surface area (TPSA) is 17.1 Å². The summed E-state index contributed by atoms with van der Waals surface area (Å²) in [6.45, 7) is 0. The van der Waals surface area contributed by atoms with Gasteiger partial charge >= 0.3 is 0 Å². The third kappa shape index (κ3) is 4.81. The minimum absolute atomic E-state index is 0.170. The summed E-state index contributed by atoms with van der Waals surface area (Å²) >= 11 is 7.69. The molecule has 1 saturated carbocycles. The zero-order chi connectivity index (χ0) is 13.7. The molecule has 1 aromatic rings. The summed E-state index contributed by atoms with van der Waals surface area (Å²) in [4.78, 5) is 11.9. The average Bonchev–Trinajstić information content (AvgIpc) is 2.41. The van der Waals surface area contributed by atoms with Crippen LogP contribution in [0.5, 0.6) is 0 Å². The van der Waals surface area contributed by atoms with Crippen molar-refractivity contribution in [3.63, 3.8) is 0 Å². The van der Waals surface area contributed by atoms with E-state index in [0.717, 1.165) is 5.56 Å². The molecule has 1 aliphatic carbocycles. The number of hydrogen-bond donors (Lipinski definition) is 0. The first-order valence-corrected chi connectivity index (χ1v) is 8.15. The molecule has 0 heterocycles. The van der Waals surface area contributed by atoms with Gasteiger partial charge in [0.2, 0.25) is 0 Å². The summed E-state index contributed by atoms with van der Waals surface area (Å²) < 4.78 is 12.9. The van der Waals surface area contributed by atoms with Crippen molar-refractivity contribution in [1.82, 2.24) is 0 Å². The highest BCUT2D eigenvalue weighted by molar-refractivity contribution is 8.00.